The minimum Gasteiger partial charge on any atom is -0.349 e. The second-order valence-electron chi connectivity index (χ2n) is 8.71. The summed E-state index contributed by atoms with van der Waals surface area (Å²) in [5, 5.41) is 7.80. The summed E-state index contributed by atoms with van der Waals surface area (Å²) >= 11 is 0. The van der Waals surface area contributed by atoms with E-state index in [-0.39, 0.29) is 11.9 Å². The highest BCUT2D eigenvalue weighted by Crippen LogP contribution is 2.30. The topological polar surface area (TPSA) is 63.1 Å². The van der Waals surface area contributed by atoms with Gasteiger partial charge >= 0.3 is 0 Å². The Hall–Kier alpha value is -2.21. The lowest BCUT2D eigenvalue weighted by atomic mass is 9.83. The van der Waals surface area contributed by atoms with Crippen LogP contribution in [-0.4, -0.2) is 45.2 Å². The van der Waals surface area contributed by atoms with Gasteiger partial charge in [-0.25, -0.2) is 4.98 Å². The predicted molar refractivity (Wildman–Crippen MR) is 113 cm³/mol. The predicted octanol–water partition coefficient (Wildman–Crippen LogP) is 3.43. The zero-order valence-electron chi connectivity index (χ0n) is 17.5. The summed E-state index contributed by atoms with van der Waals surface area (Å²) in [6, 6.07) is 10.5. The summed E-state index contributed by atoms with van der Waals surface area (Å²) in [4.78, 5) is 19.5. The van der Waals surface area contributed by atoms with Gasteiger partial charge < -0.3 is 10.2 Å². The van der Waals surface area contributed by atoms with E-state index in [0.717, 1.165) is 44.7 Å². The maximum atomic E-state index is 12.5. The molecule has 1 saturated carbocycles. The van der Waals surface area contributed by atoms with Gasteiger partial charge in [0.2, 0.25) is 5.91 Å². The highest BCUT2D eigenvalue weighted by atomic mass is 16.1. The number of amides is 1. The van der Waals surface area contributed by atoms with E-state index in [1.165, 1.54) is 24.8 Å². The molecule has 2 fully saturated rings. The van der Waals surface area contributed by atoms with E-state index in [0.29, 0.717) is 18.3 Å². The molecule has 2 aliphatic rings. The van der Waals surface area contributed by atoms with Crippen molar-refractivity contribution in [2.45, 2.75) is 56.9 Å². The van der Waals surface area contributed by atoms with Crippen LogP contribution in [0.1, 0.15) is 68.3 Å². The number of nitrogens with one attached hydrogen (secondary N) is 1. The Balaban J connectivity index is 1.29. The molecule has 2 heterocycles. The van der Waals surface area contributed by atoms with Gasteiger partial charge in [-0.15, -0.1) is 0 Å². The van der Waals surface area contributed by atoms with Crippen molar-refractivity contribution in [2.75, 3.05) is 19.6 Å². The molecule has 156 valence electrons. The fourth-order valence-corrected chi connectivity index (χ4v) is 4.49. The lowest BCUT2D eigenvalue weighted by molar-refractivity contribution is -0.123. The first-order valence-electron chi connectivity index (χ1n) is 11.1. The number of likely N-dealkylation sites (tertiary alicyclic amines) is 1. The Labute approximate surface area is 173 Å². The van der Waals surface area contributed by atoms with Crippen LogP contribution in [0.15, 0.2) is 36.7 Å². The first kappa shape index (κ1) is 20.1. The van der Waals surface area contributed by atoms with Crippen molar-refractivity contribution in [2.24, 2.45) is 13.0 Å². The van der Waals surface area contributed by atoms with Crippen molar-refractivity contribution in [3.63, 3.8) is 0 Å². The summed E-state index contributed by atoms with van der Waals surface area (Å²) in [5.74, 6) is 2.27. The minimum atomic E-state index is 0.0963. The van der Waals surface area contributed by atoms with Crippen LogP contribution in [-0.2, 0) is 11.8 Å². The number of piperidine rings is 1. The Morgan fingerprint density at radius 1 is 1.17 bits per heavy atom. The normalized spacial score (nSPS) is 19.6. The number of aryl methyl sites for hydroxylation is 1. The first-order valence-corrected chi connectivity index (χ1v) is 11.1. The highest BCUT2D eigenvalue weighted by Gasteiger charge is 2.25. The van der Waals surface area contributed by atoms with E-state index in [2.05, 4.69) is 44.6 Å². The van der Waals surface area contributed by atoms with Crippen molar-refractivity contribution < 1.29 is 4.79 Å². The lowest BCUT2D eigenvalue weighted by Gasteiger charge is -2.32. The smallest absolute Gasteiger partial charge is 0.220 e. The van der Waals surface area contributed by atoms with Crippen LogP contribution in [0.25, 0.3) is 0 Å². The van der Waals surface area contributed by atoms with Gasteiger partial charge in [0.15, 0.2) is 5.82 Å². The van der Waals surface area contributed by atoms with Gasteiger partial charge in [0, 0.05) is 25.9 Å². The molecule has 4 rings (SSSR count). The quantitative estimate of drug-likeness (QED) is 0.744. The summed E-state index contributed by atoms with van der Waals surface area (Å²) in [7, 11) is 1.93. The van der Waals surface area contributed by atoms with E-state index in [1.807, 2.05) is 13.1 Å². The summed E-state index contributed by atoms with van der Waals surface area (Å²) in [6.45, 7) is 3.15. The number of aromatic nitrogens is 3. The SMILES string of the molecule is Cn1cnc(C2CCN(CCC(NC(=O)CC3CCC3)c3ccccc3)CC2)n1. The zero-order valence-corrected chi connectivity index (χ0v) is 17.5. The van der Waals surface area contributed by atoms with Gasteiger partial charge in [-0.2, -0.15) is 5.10 Å². The summed E-state index contributed by atoms with van der Waals surface area (Å²) < 4.78 is 1.79. The van der Waals surface area contributed by atoms with Crippen LogP contribution in [0.4, 0.5) is 0 Å². The molecular formula is C23H33N5O. The average molecular weight is 396 g/mol. The molecule has 1 aromatic carbocycles. The van der Waals surface area contributed by atoms with Crippen LogP contribution < -0.4 is 5.32 Å². The summed E-state index contributed by atoms with van der Waals surface area (Å²) in [5.41, 5.74) is 1.21. The molecule has 1 aromatic heterocycles. The molecule has 6 heteroatoms. The van der Waals surface area contributed by atoms with E-state index in [1.54, 1.807) is 11.0 Å². The maximum absolute atomic E-state index is 12.5. The molecule has 1 N–H and O–H groups in total. The number of nitrogens with zero attached hydrogens (tertiary/aromatic N) is 4. The van der Waals surface area contributed by atoms with Gasteiger partial charge in [0.25, 0.3) is 0 Å². The molecule has 1 unspecified atom stereocenters. The van der Waals surface area contributed by atoms with Crippen LogP contribution in [0.5, 0.6) is 0 Å². The monoisotopic (exact) mass is 395 g/mol. The van der Waals surface area contributed by atoms with Crippen LogP contribution in [0.3, 0.4) is 0 Å². The number of carbonyl (C=O) groups is 1. The Morgan fingerprint density at radius 2 is 1.93 bits per heavy atom. The number of carbonyl (C=O) groups excluding carboxylic acids is 1. The molecule has 1 amide bonds. The fraction of sp³-hybridized carbons (Fsp3) is 0.609. The standard InChI is InChI=1S/C23H33N5O/c1-27-17-24-23(26-27)20-10-13-28(14-11-20)15-12-21(19-8-3-2-4-9-19)25-22(29)16-18-6-5-7-18/h2-4,8-9,17-18,20-21H,5-7,10-16H2,1H3,(H,25,29). The minimum absolute atomic E-state index is 0.0963. The molecule has 1 atom stereocenters. The second kappa shape index (κ2) is 9.53. The van der Waals surface area contributed by atoms with Gasteiger partial charge in [-0.1, -0.05) is 36.8 Å². The molecule has 0 spiro atoms. The van der Waals surface area contributed by atoms with Crippen LogP contribution in [0, 0.1) is 5.92 Å². The van der Waals surface area contributed by atoms with E-state index < -0.39 is 0 Å². The van der Waals surface area contributed by atoms with Crippen molar-refractivity contribution >= 4 is 5.91 Å². The zero-order chi connectivity index (χ0) is 20.1. The van der Waals surface area contributed by atoms with Crippen molar-refractivity contribution in [3.8, 4) is 0 Å². The van der Waals surface area contributed by atoms with Crippen LogP contribution >= 0.6 is 0 Å². The van der Waals surface area contributed by atoms with E-state index in [9.17, 15) is 4.79 Å². The van der Waals surface area contributed by atoms with Crippen molar-refractivity contribution in [1.82, 2.24) is 25.0 Å². The Kier molecular flexibility index (Phi) is 6.60. The average Bonchev–Trinajstić information content (AvgIpc) is 3.15. The largest absolute Gasteiger partial charge is 0.349 e. The molecule has 0 radical (unpaired) electrons. The van der Waals surface area contributed by atoms with E-state index in [4.69, 9.17) is 0 Å². The highest BCUT2D eigenvalue weighted by molar-refractivity contribution is 5.76. The Bertz CT molecular complexity index is 778. The molecular weight excluding hydrogens is 362 g/mol. The Morgan fingerprint density at radius 3 is 2.55 bits per heavy atom. The van der Waals surface area contributed by atoms with Gasteiger partial charge in [-0.05, 0) is 56.7 Å². The third kappa shape index (κ3) is 5.44. The molecule has 2 aromatic rings. The van der Waals surface area contributed by atoms with Gasteiger partial charge in [0.1, 0.15) is 6.33 Å². The molecule has 6 nitrogen and oxygen atoms in total. The third-order valence-electron chi connectivity index (χ3n) is 6.54. The molecule has 1 aliphatic heterocycles. The number of rotatable bonds is 8. The number of hydrogen-bond acceptors (Lipinski definition) is 4. The van der Waals surface area contributed by atoms with Gasteiger partial charge in [-0.3, -0.25) is 9.48 Å². The molecule has 1 saturated heterocycles. The fourth-order valence-electron chi connectivity index (χ4n) is 4.49. The third-order valence-corrected chi connectivity index (χ3v) is 6.54. The molecule has 29 heavy (non-hydrogen) atoms. The lowest BCUT2D eigenvalue weighted by Crippen LogP contribution is -2.37. The number of hydrogen-bond donors (Lipinski definition) is 1. The maximum Gasteiger partial charge on any atom is 0.220 e. The second-order valence-corrected chi connectivity index (χ2v) is 8.71. The van der Waals surface area contributed by atoms with E-state index >= 15 is 0 Å². The number of benzene rings is 1. The van der Waals surface area contributed by atoms with Gasteiger partial charge in [0.05, 0.1) is 6.04 Å². The van der Waals surface area contributed by atoms with Crippen LogP contribution in [0.2, 0.25) is 0 Å². The summed E-state index contributed by atoms with van der Waals surface area (Å²) in [6.07, 6.45) is 9.34. The first-order chi connectivity index (χ1) is 14.2. The molecule has 1 aliphatic carbocycles. The van der Waals surface area contributed by atoms with Crippen molar-refractivity contribution in [1.29, 1.82) is 0 Å². The van der Waals surface area contributed by atoms with Crippen molar-refractivity contribution in [3.05, 3.63) is 48.0 Å². The molecule has 0 bridgehead atoms.